The molecule has 0 aromatic heterocycles. The van der Waals surface area contributed by atoms with Gasteiger partial charge < -0.3 is 21.1 Å². The Labute approximate surface area is 120 Å². The van der Waals surface area contributed by atoms with Gasteiger partial charge in [-0.1, -0.05) is 13.3 Å². The Hall–Kier alpha value is -1.14. The van der Waals surface area contributed by atoms with Gasteiger partial charge in [0.2, 0.25) is 11.8 Å². The van der Waals surface area contributed by atoms with Crippen molar-refractivity contribution in [2.24, 2.45) is 17.6 Å². The molecule has 0 aromatic carbocycles. The predicted octanol–water partition coefficient (Wildman–Crippen LogP) is 0.0188. The summed E-state index contributed by atoms with van der Waals surface area (Å²) in [7, 11) is 1.57. The number of carbonyl (C=O) groups is 2. The van der Waals surface area contributed by atoms with Crippen LogP contribution in [-0.4, -0.2) is 44.7 Å². The number of carbonyl (C=O) groups excluding carboxylic acids is 2. The van der Waals surface area contributed by atoms with Crippen LogP contribution in [0.5, 0.6) is 0 Å². The van der Waals surface area contributed by atoms with Gasteiger partial charge in [0.05, 0.1) is 13.2 Å². The minimum Gasteiger partial charge on any atom is -0.383 e. The lowest BCUT2D eigenvalue weighted by molar-refractivity contribution is -0.129. The first-order chi connectivity index (χ1) is 9.54. The molecule has 4 N–H and O–H groups in total. The molecule has 1 saturated carbocycles. The highest BCUT2D eigenvalue weighted by Crippen LogP contribution is 2.29. The third kappa shape index (κ3) is 5.88. The summed E-state index contributed by atoms with van der Waals surface area (Å²) in [5.41, 5.74) is 5.95. The van der Waals surface area contributed by atoms with Crippen LogP contribution >= 0.6 is 0 Å². The molecule has 116 valence electrons. The summed E-state index contributed by atoms with van der Waals surface area (Å²) in [5, 5.41) is 5.35. The first-order valence-corrected chi connectivity index (χ1v) is 7.33. The monoisotopic (exact) mass is 285 g/mol. The van der Waals surface area contributed by atoms with Gasteiger partial charge in [0, 0.05) is 25.6 Å². The number of amides is 2. The van der Waals surface area contributed by atoms with Crippen molar-refractivity contribution < 1.29 is 14.3 Å². The largest absolute Gasteiger partial charge is 0.383 e. The zero-order valence-corrected chi connectivity index (χ0v) is 12.5. The first kappa shape index (κ1) is 16.9. The number of nitrogens with two attached hydrogens (primary N) is 1. The topological polar surface area (TPSA) is 93.5 Å². The third-order valence-corrected chi connectivity index (χ3v) is 3.93. The average molecular weight is 285 g/mol. The Balaban J connectivity index is 2.25. The highest BCUT2D eigenvalue weighted by molar-refractivity contribution is 5.85. The molecule has 1 fully saturated rings. The summed E-state index contributed by atoms with van der Waals surface area (Å²) >= 11 is 0. The minimum atomic E-state index is -0.192. The molecule has 0 saturated heterocycles. The molecule has 1 aliphatic carbocycles. The lowest BCUT2D eigenvalue weighted by atomic mass is 9.78. The Kier molecular flexibility index (Phi) is 7.54. The Morgan fingerprint density at radius 1 is 1.35 bits per heavy atom. The maximum Gasteiger partial charge on any atom is 0.239 e. The second-order valence-corrected chi connectivity index (χ2v) is 5.54. The average Bonchev–Trinajstić information content (AvgIpc) is 2.44. The van der Waals surface area contributed by atoms with Gasteiger partial charge in [-0.05, 0) is 25.2 Å². The van der Waals surface area contributed by atoms with Crippen molar-refractivity contribution in [1.82, 2.24) is 10.6 Å². The van der Waals surface area contributed by atoms with Gasteiger partial charge in [-0.15, -0.1) is 0 Å². The van der Waals surface area contributed by atoms with E-state index in [1.807, 2.05) is 6.92 Å². The molecule has 0 spiro atoms. The van der Waals surface area contributed by atoms with E-state index in [0.717, 1.165) is 25.7 Å². The second-order valence-electron chi connectivity index (χ2n) is 5.54. The summed E-state index contributed by atoms with van der Waals surface area (Å²) in [6.07, 6.45) is 4.07. The van der Waals surface area contributed by atoms with Gasteiger partial charge in [-0.2, -0.15) is 0 Å². The molecule has 0 radical (unpaired) electrons. The molecule has 0 aromatic rings. The van der Waals surface area contributed by atoms with Crippen molar-refractivity contribution in [3.05, 3.63) is 0 Å². The number of rotatable bonds is 7. The minimum absolute atomic E-state index is 0.0195. The van der Waals surface area contributed by atoms with Crippen LogP contribution in [0.4, 0.5) is 0 Å². The highest BCUT2D eigenvalue weighted by Gasteiger charge is 2.28. The summed E-state index contributed by atoms with van der Waals surface area (Å²) < 4.78 is 4.83. The van der Waals surface area contributed by atoms with Gasteiger partial charge >= 0.3 is 0 Å². The zero-order valence-electron chi connectivity index (χ0n) is 12.5. The molecular weight excluding hydrogens is 258 g/mol. The van der Waals surface area contributed by atoms with Crippen molar-refractivity contribution in [3.63, 3.8) is 0 Å². The van der Waals surface area contributed by atoms with Crippen LogP contribution in [0.25, 0.3) is 0 Å². The first-order valence-electron chi connectivity index (χ1n) is 7.33. The summed E-state index contributed by atoms with van der Waals surface area (Å²) in [4.78, 5) is 23.5. The van der Waals surface area contributed by atoms with Crippen molar-refractivity contribution in [2.75, 3.05) is 26.8 Å². The number of nitrogens with one attached hydrogen (secondary N) is 2. The SMILES string of the molecule is COCCNC(=O)CNC(=O)C(C)C1CCCC(N)C1. The molecular formula is C14H27N3O3. The van der Waals surface area contributed by atoms with E-state index in [1.54, 1.807) is 7.11 Å². The number of ether oxygens (including phenoxy) is 1. The molecule has 3 unspecified atom stereocenters. The quantitative estimate of drug-likeness (QED) is 0.575. The highest BCUT2D eigenvalue weighted by atomic mass is 16.5. The normalized spacial score (nSPS) is 23.9. The molecule has 2 amide bonds. The van der Waals surface area contributed by atoms with E-state index in [9.17, 15) is 9.59 Å². The lowest BCUT2D eigenvalue weighted by Crippen LogP contribution is -2.42. The Bertz CT molecular complexity index is 323. The van der Waals surface area contributed by atoms with Crippen LogP contribution in [0, 0.1) is 11.8 Å². The van der Waals surface area contributed by atoms with Crippen LogP contribution in [0.15, 0.2) is 0 Å². The van der Waals surface area contributed by atoms with E-state index in [1.165, 1.54) is 0 Å². The summed E-state index contributed by atoms with van der Waals surface area (Å²) in [6.45, 7) is 2.86. The fraction of sp³-hybridized carbons (Fsp3) is 0.857. The van der Waals surface area contributed by atoms with Crippen molar-refractivity contribution in [1.29, 1.82) is 0 Å². The molecule has 6 heteroatoms. The maximum atomic E-state index is 12.0. The molecule has 3 atom stereocenters. The second kappa shape index (κ2) is 8.92. The molecule has 6 nitrogen and oxygen atoms in total. The van der Waals surface area contributed by atoms with Gasteiger partial charge in [-0.25, -0.2) is 0 Å². The molecule has 0 aliphatic heterocycles. The van der Waals surface area contributed by atoms with Crippen LogP contribution in [0.1, 0.15) is 32.6 Å². The van der Waals surface area contributed by atoms with E-state index in [0.29, 0.717) is 19.1 Å². The predicted molar refractivity (Wildman–Crippen MR) is 77.0 cm³/mol. The molecule has 0 heterocycles. The molecule has 0 bridgehead atoms. The number of hydrogen-bond acceptors (Lipinski definition) is 4. The Morgan fingerprint density at radius 2 is 2.10 bits per heavy atom. The van der Waals surface area contributed by atoms with Gasteiger partial charge in [-0.3, -0.25) is 9.59 Å². The lowest BCUT2D eigenvalue weighted by Gasteiger charge is -2.30. The van der Waals surface area contributed by atoms with Crippen LogP contribution in [0.3, 0.4) is 0 Å². The van der Waals surface area contributed by atoms with Gasteiger partial charge in [0.1, 0.15) is 0 Å². The standard InChI is InChI=1S/C14H27N3O3/c1-10(11-4-3-5-12(15)8-11)14(19)17-9-13(18)16-6-7-20-2/h10-12H,3-9,15H2,1-2H3,(H,16,18)(H,17,19). The van der Waals surface area contributed by atoms with Crippen LogP contribution < -0.4 is 16.4 Å². The smallest absolute Gasteiger partial charge is 0.239 e. The van der Waals surface area contributed by atoms with E-state index >= 15 is 0 Å². The van der Waals surface area contributed by atoms with Crippen LogP contribution in [-0.2, 0) is 14.3 Å². The van der Waals surface area contributed by atoms with Crippen molar-refractivity contribution in [2.45, 2.75) is 38.6 Å². The fourth-order valence-electron chi connectivity index (χ4n) is 2.62. The fourth-order valence-corrected chi connectivity index (χ4v) is 2.62. The Morgan fingerprint density at radius 3 is 2.75 bits per heavy atom. The zero-order chi connectivity index (χ0) is 15.0. The molecule has 1 rings (SSSR count). The molecule has 1 aliphatic rings. The number of hydrogen-bond donors (Lipinski definition) is 3. The van der Waals surface area contributed by atoms with E-state index in [-0.39, 0.29) is 30.3 Å². The molecule has 20 heavy (non-hydrogen) atoms. The summed E-state index contributed by atoms with van der Waals surface area (Å²) in [6, 6.07) is 0.210. The van der Waals surface area contributed by atoms with E-state index in [2.05, 4.69) is 10.6 Å². The van der Waals surface area contributed by atoms with Gasteiger partial charge in [0.25, 0.3) is 0 Å². The third-order valence-electron chi connectivity index (χ3n) is 3.93. The summed E-state index contributed by atoms with van der Waals surface area (Å²) in [5.74, 6) is -0.0163. The van der Waals surface area contributed by atoms with E-state index in [4.69, 9.17) is 10.5 Å². The van der Waals surface area contributed by atoms with Gasteiger partial charge in [0.15, 0.2) is 0 Å². The van der Waals surface area contributed by atoms with E-state index < -0.39 is 0 Å². The van der Waals surface area contributed by atoms with Crippen molar-refractivity contribution in [3.8, 4) is 0 Å². The van der Waals surface area contributed by atoms with Crippen LogP contribution in [0.2, 0.25) is 0 Å². The van der Waals surface area contributed by atoms with Crippen molar-refractivity contribution >= 4 is 11.8 Å². The number of methoxy groups -OCH3 is 1. The maximum absolute atomic E-state index is 12.0.